The smallest absolute Gasteiger partial charge is 0.335 e. The van der Waals surface area contributed by atoms with Gasteiger partial charge in [0, 0.05) is 10.2 Å². The average Bonchev–Trinajstić information content (AvgIpc) is 2.66. The summed E-state index contributed by atoms with van der Waals surface area (Å²) in [7, 11) is 2.98. The number of halogens is 1. The molecule has 0 radical (unpaired) electrons. The minimum Gasteiger partial charge on any atom is -0.493 e. The molecule has 0 aliphatic rings. The summed E-state index contributed by atoms with van der Waals surface area (Å²) in [5.41, 5.74) is 0.674. The number of carbonyl (C=O) groups excluding carboxylic acids is 1. The number of nitriles is 1. The maximum atomic E-state index is 12.4. The summed E-state index contributed by atoms with van der Waals surface area (Å²) < 4.78 is 11.0. The van der Waals surface area contributed by atoms with E-state index < -0.39 is 11.9 Å². The monoisotopic (exact) mass is 430 g/mol. The Hall–Kier alpha value is -3.31. The fourth-order valence-corrected chi connectivity index (χ4v) is 2.65. The zero-order chi connectivity index (χ0) is 20.0. The summed E-state index contributed by atoms with van der Waals surface area (Å²) in [6, 6.07) is 10.9. The molecular formula is C19H15BrN2O5. The molecular weight excluding hydrogens is 416 g/mol. The lowest BCUT2D eigenvalue weighted by atomic mass is 10.1. The first kappa shape index (κ1) is 20.0. The Balaban J connectivity index is 2.33. The molecule has 0 unspecified atom stereocenters. The van der Waals surface area contributed by atoms with Gasteiger partial charge in [-0.25, -0.2) is 4.79 Å². The van der Waals surface area contributed by atoms with Crippen molar-refractivity contribution in [3.63, 3.8) is 0 Å². The minimum absolute atomic E-state index is 0.0259. The Bertz CT molecular complexity index is 963. The number of methoxy groups -OCH3 is 2. The van der Waals surface area contributed by atoms with Crippen LogP contribution in [-0.4, -0.2) is 31.2 Å². The molecule has 7 nitrogen and oxygen atoms in total. The van der Waals surface area contributed by atoms with E-state index in [0.29, 0.717) is 21.5 Å². The second kappa shape index (κ2) is 8.87. The van der Waals surface area contributed by atoms with Crippen molar-refractivity contribution < 1.29 is 24.2 Å². The molecule has 0 aliphatic carbocycles. The molecule has 0 saturated carbocycles. The third-order valence-corrected chi connectivity index (χ3v) is 4.22. The van der Waals surface area contributed by atoms with E-state index in [9.17, 15) is 14.9 Å². The number of ether oxygens (including phenoxy) is 2. The largest absolute Gasteiger partial charge is 0.493 e. The summed E-state index contributed by atoms with van der Waals surface area (Å²) >= 11 is 3.36. The molecule has 0 bridgehead atoms. The lowest BCUT2D eigenvalue weighted by molar-refractivity contribution is -0.112. The Morgan fingerprint density at radius 2 is 1.85 bits per heavy atom. The van der Waals surface area contributed by atoms with E-state index in [-0.39, 0.29) is 16.8 Å². The number of hydrogen-bond donors (Lipinski definition) is 2. The van der Waals surface area contributed by atoms with Gasteiger partial charge in [0.2, 0.25) is 0 Å². The van der Waals surface area contributed by atoms with Gasteiger partial charge >= 0.3 is 5.97 Å². The molecule has 2 aromatic carbocycles. The molecule has 0 saturated heterocycles. The van der Waals surface area contributed by atoms with Gasteiger partial charge in [-0.3, -0.25) is 4.79 Å². The normalized spacial score (nSPS) is 10.7. The Morgan fingerprint density at radius 3 is 2.44 bits per heavy atom. The topological polar surface area (TPSA) is 109 Å². The summed E-state index contributed by atoms with van der Waals surface area (Å²) in [4.78, 5) is 23.4. The number of carbonyl (C=O) groups is 2. The van der Waals surface area contributed by atoms with Crippen LogP contribution in [0.5, 0.6) is 11.5 Å². The van der Waals surface area contributed by atoms with E-state index in [1.54, 1.807) is 12.1 Å². The lowest BCUT2D eigenvalue weighted by Crippen LogP contribution is -2.14. The molecule has 8 heteroatoms. The number of nitrogens with zero attached hydrogens (tertiary/aromatic N) is 1. The molecule has 27 heavy (non-hydrogen) atoms. The van der Waals surface area contributed by atoms with Crippen LogP contribution in [0.4, 0.5) is 5.69 Å². The standard InChI is InChI=1S/C19H15BrN2O5/c1-26-16-8-12(15(20)9-17(16)27-2)6-13(10-21)18(23)22-14-5-3-4-11(7-14)19(24)25/h3-9H,1-2H3,(H,22,23)(H,24,25). The zero-order valence-electron chi connectivity index (χ0n) is 14.4. The molecule has 138 valence electrons. The van der Waals surface area contributed by atoms with Gasteiger partial charge in [-0.05, 0) is 42.0 Å². The molecule has 2 N–H and O–H groups in total. The van der Waals surface area contributed by atoms with Crippen molar-refractivity contribution in [1.82, 2.24) is 0 Å². The fourth-order valence-electron chi connectivity index (χ4n) is 2.21. The first-order valence-corrected chi connectivity index (χ1v) is 8.37. The van der Waals surface area contributed by atoms with E-state index in [1.165, 1.54) is 44.6 Å². The van der Waals surface area contributed by atoms with Gasteiger partial charge in [0.05, 0.1) is 19.8 Å². The van der Waals surface area contributed by atoms with Crippen molar-refractivity contribution in [1.29, 1.82) is 5.26 Å². The summed E-state index contributed by atoms with van der Waals surface area (Å²) in [6.07, 6.45) is 1.39. The first-order chi connectivity index (χ1) is 12.9. The number of aromatic carboxylic acids is 1. The molecule has 0 fully saturated rings. The third-order valence-electron chi connectivity index (χ3n) is 3.54. The second-order valence-corrected chi connectivity index (χ2v) is 6.09. The molecule has 0 aliphatic heterocycles. The summed E-state index contributed by atoms with van der Waals surface area (Å²) in [6.45, 7) is 0. The van der Waals surface area contributed by atoms with Crippen molar-refractivity contribution in [3.05, 3.63) is 57.6 Å². The van der Waals surface area contributed by atoms with Crippen molar-refractivity contribution in [2.45, 2.75) is 0 Å². The van der Waals surface area contributed by atoms with Crippen LogP contribution in [0.2, 0.25) is 0 Å². The Labute approximate surface area is 164 Å². The fraction of sp³-hybridized carbons (Fsp3) is 0.105. The maximum Gasteiger partial charge on any atom is 0.335 e. The number of carboxylic acids is 1. The Kier molecular flexibility index (Phi) is 6.57. The van der Waals surface area contributed by atoms with E-state index in [2.05, 4.69) is 21.2 Å². The zero-order valence-corrected chi connectivity index (χ0v) is 16.0. The van der Waals surface area contributed by atoms with Gasteiger partial charge in [-0.2, -0.15) is 5.26 Å². The molecule has 0 spiro atoms. The van der Waals surface area contributed by atoms with Crippen molar-refractivity contribution in [2.75, 3.05) is 19.5 Å². The van der Waals surface area contributed by atoms with Gasteiger partial charge in [-0.1, -0.05) is 22.0 Å². The van der Waals surface area contributed by atoms with Crippen LogP contribution in [0.25, 0.3) is 6.08 Å². The van der Waals surface area contributed by atoms with Crippen molar-refractivity contribution in [3.8, 4) is 17.6 Å². The van der Waals surface area contributed by atoms with Crippen LogP contribution in [0.1, 0.15) is 15.9 Å². The molecule has 0 heterocycles. The quantitative estimate of drug-likeness (QED) is 0.533. The third kappa shape index (κ3) is 4.86. The predicted octanol–water partition coefficient (Wildman–Crippen LogP) is 3.71. The van der Waals surface area contributed by atoms with Gasteiger partial charge in [0.25, 0.3) is 5.91 Å². The number of anilines is 1. The first-order valence-electron chi connectivity index (χ1n) is 7.57. The number of rotatable bonds is 6. The van der Waals surface area contributed by atoms with Gasteiger partial charge in [0.1, 0.15) is 11.6 Å². The van der Waals surface area contributed by atoms with Gasteiger partial charge in [-0.15, -0.1) is 0 Å². The summed E-state index contributed by atoms with van der Waals surface area (Å²) in [5.74, 6) is -0.841. The number of hydrogen-bond acceptors (Lipinski definition) is 5. The number of carboxylic acid groups (broad SMARTS) is 1. The van der Waals surface area contributed by atoms with Crippen LogP contribution in [0.15, 0.2) is 46.4 Å². The van der Waals surface area contributed by atoms with Crippen LogP contribution in [0.3, 0.4) is 0 Å². The molecule has 0 aromatic heterocycles. The van der Waals surface area contributed by atoms with E-state index in [0.717, 1.165) is 0 Å². The van der Waals surface area contributed by atoms with Crippen LogP contribution < -0.4 is 14.8 Å². The predicted molar refractivity (Wildman–Crippen MR) is 103 cm³/mol. The highest BCUT2D eigenvalue weighted by atomic mass is 79.9. The van der Waals surface area contributed by atoms with Crippen LogP contribution in [-0.2, 0) is 4.79 Å². The number of nitrogens with one attached hydrogen (secondary N) is 1. The molecule has 2 rings (SSSR count). The van der Waals surface area contributed by atoms with Gasteiger partial charge < -0.3 is 19.9 Å². The van der Waals surface area contributed by atoms with Crippen LogP contribution >= 0.6 is 15.9 Å². The average molecular weight is 431 g/mol. The number of amides is 1. The van der Waals surface area contributed by atoms with E-state index >= 15 is 0 Å². The van der Waals surface area contributed by atoms with Gasteiger partial charge in [0.15, 0.2) is 11.5 Å². The van der Waals surface area contributed by atoms with E-state index in [4.69, 9.17) is 14.6 Å². The highest BCUT2D eigenvalue weighted by Crippen LogP contribution is 2.34. The summed E-state index contributed by atoms with van der Waals surface area (Å²) in [5, 5.41) is 20.9. The van der Waals surface area contributed by atoms with Crippen LogP contribution in [0, 0.1) is 11.3 Å². The van der Waals surface area contributed by atoms with Crippen molar-refractivity contribution >= 4 is 39.6 Å². The van der Waals surface area contributed by atoms with Crippen molar-refractivity contribution in [2.24, 2.45) is 0 Å². The molecule has 1 amide bonds. The molecule has 0 atom stereocenters. The highest BCUT2D eigenvalue weighted by molar-refractivity contribution is 9.10. The minimum atomic E-state index is -1.11. The maximum absolute atomic E-state index is 12.4. The molecule has 2 aromatic rings. The number of benzene rings is 2. The highest BCUT2D eigenvalue weighted by Gasteiger charge is 2.14. The Morgan fingerprint density at radius 1 is 1.19 bits per heavy atom. The lowest BCUT2D eigenvalue weighted by Gasteiger charge is -2.10. The second-order valence-electron chi connectivity index (χ2n) is 5.24. The van der Waals surface area contributed by atoms with E-state index in [1.807, 2.05) is 6.07 Å². The SMILES string of the molecule is COc1cc(Br)c(C=C(C#N)C(=O)Nc2cccc(C(=O)O)c2)cc1OC.